The van der Waals surface area contributed by atoms with Gasteiger partial charge in [-0.2, -0.15) is 0 Å². The Bertz CT molecular complexity index is 678. The van der Waals surface area contributed by atoms with Gasteiger partial charge < -0.3 is 0 Å². The summed E-state index contributed by atoms with van der Waals surface area (Å²) >= 11 is 3.65. The minimum atomic E-state index is 0.989. The molecule has 0 atom stereocenters. The molecule has 0 saturated heterocycles. The highest BCUT2D eigenvalue weighted by molar-refractivity contribution is 9.10. The maximum Gasteiger partial charge on any atom is 0.0708 e. The molecule has 3 aromatic rings. The first-order valence-corrected chi connectivity index (χ1v) is 6.91. The summed E-state index contributed by atoms with van der Waals surface area (Å²) in [6.45, 7) is 0. The fourth-order valence-corrected chi connectivity index (χ4v) is 2.75. The van der Waals surface area contributed by atoms with Crippen LogP contribution in [0.3, 0.4) is 0 Å². The molecule has 0 bridgehead atoms. The van der Waals surface area contributed by atoms with Crippen molar-refractivity contribution >= 4 is 15.9 Å². The van der Waals surface area contributed by atoms with Gasteiger partial charge in [-0.05, 0) is 23.8 Å². The molecule has 92 valence electrons. The molecule has 19 heavy (non-hydrogen) atoms. The van der Waals surface area contributed by atoms with Crippen LogP contribution in [0, 0.1) is 0 Å². The summed E-state index contributed by atoms with van der Waals surface area (Å²) in [5.74, 6) is 0. The molecule has 0 spiro atoms. The molecule has 0 aliphatic rings. The van der Waals surface area contributed by atoms with Gasteiger partial charge in [0.05, 0.1) is 5.69 Å². The monoisotopic (exact) mass is 309 g/mol. The predicted molar refractivity (Wildman–Crippen MR) is 82.8 cm³/mol. The molecule has 1 heterocycles. The van der Waals surface area contributed by atoms with E-state index in [-0.39, 0.29) is 0 Å². The van der Waals surface area contributed by atoms with E-state index in [1.165, 1.54) is 11.1 Å². The molecule has 1 nitrogen and oxygen atoms in total. The van der Waals surface area contributed by atoms with Crippen LogP contribution in [0.5, 0.6) is 0 Å². The van der Waals surface area contributed by atoms with Gasteiger partial charge in [0, 0.05) is 21.8 Å². The van der Waals surface area contributed by atoms with E-state index in [1.54, 1.807) is 0 Å². The summed E-state index contributed by atoms with van der Waals surface area (Å²) in [4.78, 5) is 4.46. The quantitative estimate of drug-likeness (QED) is 0.635. The number of hydrogen-bond donors (Lipinski definition) is 0. The van der Waals surface area contributed by atoms with Crippen LogP contribution in [0.4, 0.5) is 0 Å². The fourth-order valence-electron chi connectivity index (χ4n) is 2.16. The van der Waals surface area contributed by atoms with Gasteiger partial charge in [0.2, 0.25) is 0 Å². The molecule has 0 aliphatic heterocycles. The van der Waals surface area contributed by atoms with E-state index in [4.69, 9.17) is 0 Å². The Kier molecular flexibility index (Phi) is 3.43. The summed E-state index contributed by atoms with van der Waals surface area (Å²) in [5.41, 5.74) is 4.50. The van der Waals surface area contributed by atoms with Gasteiger partial charge in [-0.25, -0.2) is 0 Å². The Hall–Kier alpha value is -1.93. The second kappa shape index (κ2) is 5.37. The van der Waals surface area contributed by atoms with E-state index >= 15 is 0 Å². The standard InChI is InChI=1S/C17H12BrN/c18-15-10-6-9-14(16-11-4-5-12-19-16)17(15)13-7-2-1-3-8-13/h1-12H. The van der Waals surface area contributed by atoms with Crippen molar-refractivity contribution in [1.29, 1.82) is 0 Å². The summed E-state index contributed by atoms with van der Waals surface area (Å²) < 4.78 is 1.09. The Labute approximate surface area is 121 Å². The van der Waals surface area contributed by atoms with Crippen LogP contribution >= 0.6 is 15.9 Å². The minimum absolute atomic E-state index is 0.989. The maximum absolute atomic E-state index is 4.46. The third-order valence-electron chi connectivity index (χ3n) is 3.02. The first kappa shape index (κ1) is 12.1. The van der Waals surface area contributed by atoms with Crippen LogP contribution in [0.1, 0.15) is 0 Å². The average molecular weight is 310 g/mol. The number of halogens is 1. The molecule has 0 unspecified atom stereocenters. The molecule has 1 aromatic heterocycles. The fraction of sp³-hybridized carbons (Fsp3) is 0. The highest BCUT2D eigenvalue weighted by atomic mass is 79.9. The van der Waals surface area contributed by atoms with Crippen molar-refractivity contribution in [2.45, 2.75) is 0 Å². The van der Waals surface area contributed by atoms with Crippen molar-refractivity contribution in [3.63, 3.8) is 0 Å². The Morgan fingerprint density at radius 3 is 2.26 bits per heavy atom. The van der Waals surface area contributed by atoms with Crippen molar-refractivity contribution in [3.8, 4) is 22.4 Å². The lowest BCUT2D eigenvalue weighted by atomic mass is 9.97. The Balaban J connectivity index is 2.25. The molecule has 0 amide bonds. The lowest BCUT2D eigenvalue weighted by molar-refractivity contribution is 1.32. The van der Waals surface area contributed by atoms with Gasteiger partial charge in [0.25, 0.3) is 0 Å². The second-order valence-electron chi connectivity index (χ2n) is 4.24. The lowest BCUT2D eigenvalue weighted by Gasteiger charge is -2.11. The van der Waals surface area contributed by atoms with Crippen LogP contribution in [0.25, 0.3) is 22.4 Å². The van der Waals surface area contributed by atoms with Crippen molar-refractivity contribution in [2.75, 3.05) is 0 Å². The van der Waals surface area contributed by atoms with Gasteiger partial charge in [-0.1, -0.05) is 64.5 Å². The van der Waals surface area contributed by atoms with Crippen molar-refractivity contribution in [3.05, 3.63) is 77.4 Å². The van der Waals surface area contributed by atoms with Gasteiger partial charge in [-0.3, -0.25) is 4.98 Å². The third kappa shape index (κ3) is 2.45. The molecule has 0 radical (unpaired) electrons. The van der Waals surface area contributed by atoms with E-state index in [0.717, 1.165) is 15.7 Å². The molecule has 2 aromatic carbocycles. The first-order chi connectivity index (χ1) is 9.36. The topological polar surface area (TPSA) is 12.9 Å². The molecule has 0 N–H and O–H groups in total. The van der Waals surface area contributed by atoms with Crippen LogP contribution in [0.2, 0.25) is 0 Å². The zero-order valence-corrected chi connectivity index (χ0v) is 11.8. The van der Waals surface area contributed by atoms with E-state index in [0.29, 0.717) is 0 Å². The normalized spacial score (nSPS) is 10.4. The average Bonchev–Trinajstić information content (AvgIpc) is 2.49. The van der Waals surface area contributed by atoms with E-state index < -0.39 is 0 Å². The minimum Gasteiger partial charge on any atom is -0.256 e. The number of rotatable bonds is 2. The second-order valence-corrected chi connectivity index (χ2v) is 5.10. The predicted octanol–water partition coefficient (Wildman–Crippen LogP) is 5.18. The number of hydrogen-bond acceptors (Lipinski definition) is 1. The zero-order valence-electron chi connectivity index (χ0n) is 10.3. The SMILES string of the molecule is Brc1cccc(-c2ccccn2)c1-c1ccccc1. The molecule has 0 saturated carbocycles. The van der Waals surface area contributed by atoms with E-state index in [1.807, 2.05) is 36.5 Å². The number of aromatic nitrogens is 1. The molecule has 0 fully saturated rings. The molecule has 2 heteroatoms. The van der Waals surface area contributed by atoms with Gasteiger partial charge in [-0.15, -0.1) is 0 Å². The van der Waals surface area contributed by atoms with Gasteiger partial charge >= 0.3 is 0 Å². The summed E-state index contributed by atoms with van der Waals surface area (Å²) in [6, 6.07) is 22.6. The van der Waals surface area contributed by atoms with Crippen LogP contribution < -0.4 is 0 Å². The molecular weight excluding hydrogens is 298 g/mol. The summed E-state index contributed by atoms with van der Waals surface area (Å²) in [6.07, 6.45) is 1.82. The third-order valence-corrected chi connectivity index (χ3v) is 3.68. The van der Waals surface area contributed by atoms with Crippen molar-refractivity contribution in [1.82, 2.24) is 4.98 Å². The zero-order chi connectivity index (χ0) is 13.1. The highest BCUT2D eigenvalue weighted by Crippen LogP contribution is 2.36. The molecule has 3 rings (SSSR count). The van der Waals surface area contributed by atoms with Crippen LogP contribution in [-0.4, -0.2) is 4.98 Å². The van der Waals surface area contributed by atoms with E-state index in [9.17, 15) is 0 Å². The van der Waals surface area contributed by atoms with Crippen LogP contribution in [0.15, 0.2) is 77.4 Å². The first-order valence-electron chi connectivity index (χ1n) is 6.11. The highest BCUT2D eigenvalue weighted by Gasteiger charge is 2.10. The van der Waals surface area contributed by atoms with E-state index in [2.05, 4.69) is 57.3 Å². The van der Waals surface area contributed by atoms with Crippen molar-refractivity contribution in [2.24, 2.45) is 0 Å². The molecule has 0 aliphatic carbocycles. The summed E-state index contributed by atoms with van der Waals surface area (Å²) in [5, 5.41) is 0. The van der Waals surface area contributed by atoms with Crippen LogP contribution in [-0.2, 0) is 0 Å². The maximum atomic E-state index is 4.46. The number of nitrogens with zero attached hydrogens (tertiary/aromatic N) is 1. The number of pyridine rings is 1. The Morgan fingerprint density at radius 2 is 1.53 bits per heavy atom. The smallest absolute Gasteiger partial charge is 0.0708 e. The molecular formula is C17H12BrN. The summed E-state index contributed by atoms with van der Waals surface area (Å²) in [7, 11) is 0. The van der Waals surface area contributed by atoms with Gasteiger partial charge in [0.15, 0.2) is 0 Å². The van der Waals surface area contributed by atoms with Crippen molar-refractivity contribution < 1.29 is 0 Å². The largest absolute Gasteiger partial charge is 0.256 e. The Morgan fingerprint density at radius 1 is 0.737 bits per heavy atom. The lowest BCUT2D eigenvalue weighted by Crippen LogP contribution is -1.88. The number of benzene rings is 2. The van der Waals surface area contributed by atoms with Gasteiger partial charge in [0.1, 0.15) is 0 Å².